The van der Waals surface area contributed by atoms with E-state index in [2.05, 4.69) is 15.6 Å². The molecule has 3 aromatic rings. The molecule has 0 unspecified atom stereocenters. The number of nitro groups is 1. The van der Waals surface area contributed by atoms with Crippen molar-refractivity contribution >= 4 is 45.4 Å². The molecule has 11 heteroatoms. The first-order chi connectivity index (χ1) is 14.8. The maximum absolute atomic E-state index is 12.5. The molecule has 0 aliphatic carbocycles. The Morgan fingerprint density at radius 2 is 1.94 bits per heavy atom. The average molecular weight is 459 g/mol. The molecule has 0 spiro atoms. The maximum atomic E-state index is 12.5. The first kappa shape index (κ1) is 22.1. The highest BCUT2D eigenvalue weighted by molar-refractivity contribution is 7.80. The molecule has 31 heavy (non-hydrogen) atoms. The number of thiocarbonyl (C=S) groups is 1. The maximum Gasteiger partial charge on any atom is 0.273 e. The molecule has 0 radical (unpaired) electrons. The summed E-state index contributed by atoms with van der Waals surface area (Å²) in [6.45, 7) is 1.51. The van der Waals surface area contributed by atoms with Gasteiger partial charge >= 0.3 is 0 Å². The number of carbonyl (C=O) groups is 1. The molecule has 0 saturated heterocycles. The molecule has 0 aliphatic heterocycles. The minimum absolute atomic E-state index is 0.0316. The lowest BCUT2D eigenvalue weighted by atomic mass is 10.1. The quantitative estimate of drug-likeness (QED) is 0.321. The van der Waals surface area contributed by atoms with Crippen LogP contribution in [0.25, 0.3) is 11.3 Å². The Kier molecular flexibility index (Phi) is 6.78. The van der Waals surface area contributed by atoms with Gasteiger partial charge in [-0.25, -0.2) is 4.98 Å². The van der Waals surface area contributed by atoms with Crippen LogP contribution in [0.15, 0.2) is 41.8 Å². The lowest BCUT2D eigenvalue weighted by Crippen LogP contribution is -2.34. The average Bonchev–Trinajstić information content (AvgIpc) is 3.21. The van der Waals surface area contributed by atoms with Gasteiger partial charge in [0.1, 0.15) is 0 Å². The van der Waals surface area contributed by atoms with Crippen LogP contribution in [0.3, 0.4) is 0 Å². The van der Waals surface area contributed by atoms with Gasteiger partial charge < -0.3 is 14.8 Å². The molecule has 1 aromatic heterocycles. The molecular formula is C20H18N4O5S2. The molecule has 1 heterocycles. The Bertz CT molecular complexity index is 1160. The molecule has 0 aliphatic rings. The van der Waals surface area contributed by atoms with E-state index in [4.69, 9.17) is 21.7 Å². The number of nitrogens with zero attached hydrogens (tertiary/aromatic N) is 2. The first-order valence-corrected chi connectivity index (χ1v) is 10.2. The molecule has 160 valence electrons. The molecule has 2 aromatic carbocycles. The fraction of sp³-hybridized carbons (Fsp3) is 0.150. The van der Waals surface area contributed by atoms with Gasteiger partial charge in [-0.3, -0.25) is 20.2 Å². The van der Waals surface area contributed by atoms with Crippen molar-refractivity contribution < 1.29 is 19.2 Å². The van der Waals surface area contributed by atoms with Crippen molar-refractivity contribution in [1.82, 2.24) is 10.3 Å². The minimum Gasteiger partial charge on any atom is -0.493 e. The number of amides is 1. The third-order valence-corrected chi connectivity index (χ3v) is 5.34. The fourth-order valence-electron chi connectivity index (χ4n) is 2.83. The van der Waals surface area contributed by atoms with Crippen molar-refractivity contribution in [3.63, 3.8) is 0 Å². The number of aromatic nitrogens is 1. The largest absolute Gasteiger partial charge is 0.493 e. The predicted octanol–water partition coefficient (Wildman–Crippen LogP) is 4.17. The van der Waals surface area contributed by atoms with Crippen LogP contribution in [0.5, 0.6) is 11.5 Å². The van der Waals surface area contributed by atoms with Gasteiger partial charge in [-0.2, -0.15) is 0 Å². The van der Waals surface area contributed by atoms with E-state index in [1.165, 1.54) is 36.5 Å². The molecule has 9 nitrogen and oxygen atoms in total. The molecule has 0 fully saturated rings. The van der Waals surface area contributed by atoms with Gasteiger partial charge in [0.15, 0.2) is 21.7 Å². The SMILES string of the molecule is COc1ccc(-c2csc(NC(=S)NC(=O)c3cccc([N+](=O)[O-])c3C)n2)cc1OC. The van der Waals surface area contributed by atoms with Crippen LogP contribution in [-0.2, 0) is 0 Å². The monoisotopic (exact) mass is 458 g/mol. The third kappa shape index (κ3) is 4.95. The third-order valence-electron chi connectivity index (χ3n) is 4.38. The van der Waals surface area contributed by atoms with Crippen LogP contribution in [0.2, 0.25) is 0 Å². The Morgan fingerprint density at radius 1 is 1.19 bits per heavy atom. The molecule has 2 N–H and O–H groups in total. The van der Waals surface area contributed by atoms with E-state index in [9.17, 15) is 14.9 Å². The Morgan fingerprint density at radius 3 is 2.61 bits per heavy atom. The van der Waals surface area contributed by atoms with E-state index in [0.717, 1.165) is 5.56 Å². The summed E-state index contributed by atoms with van der Waals surface area (Å²) in [6.07, 6.45) is 0. The van der Waals surface area contributed by atoms with Crippen molar-refractivity contribution in [2.24, 2.45) is 0 Å². The lowest BCUT2D eigenvalue weighted by molar-refractivity contribution is -0.385. The van der Waals surface area contributed by atoms with Gasteiger partial charge in [0.05, 0.1) is 24.8 Å². The number of thiazole rings is 1. The number of ether oxygens (including phenoxy) is 2. The highest BCUT2D eigenvalue weighted by Gasteiger charge is 2.19. The number of anilines is 1. The number of benzene rings is 2. The van der Waals surface area contributed by atoms with E-state index < -0.39 is 10.8 Å². The zero-order valence-electron chi connectivity index (χ0n) is 16.8. The van der Waals surface area contributed by atoms with E-state index in [1.807, 2.05) is 17.5 Å². The van der Waals surface area contributed by atoms with Gasteiger partial charge in [0.2, 0.25) is 0 Å². The first-order valence-electron chi connectivity index (χ1n) is 8.88. The van der Waals surface area contributed by atoms with Crippen molar-refractivity contribution in [1.29, 1.82) is 0 Å². The zero-order chi connectivity index (χ0) is 22.5. The Balaban J connectivity index is 1.70. The Labute approximate surface area is 187 Å². The number of methoxy groups -OCH3 is 2. The summed E-state index contributed by atoms with van der Waals surface area (Å²) in [5.74, 6) is 0.646. The minimum atomic E-state index is -0.546. The van der Waals surface area contributed by atoms with E-state index in [1.54, 1.807) is 20.3 Å². The highest BCUT2D eigenvalue weighted by Crippen LogP contribution is 2.33. The topological polar surface area (TPSA) is 116 Å². The van der Waals surface area contributed by atoms with Gasteiger partial charge in [-0.15, -0.1) is 11.3 Å². The van der Waals surface area contributed by atoms with Crippen LogP contribution in [0, 0.1) is 17.0 Å². The number of rotatable bonds is 6. The summed E-state index contributed by atoms with van der Waals surface area (Å²) in [4.78, 5) is 27.5. The predicted molar refractivity (Wildman–Crippen MR) is 122 cm³/mol. The standard InChI is InChI=1S/C20H18N4O5S2/c1-11-13(5-4-6-15(11)24(26)27)18(25)22-19(30)23-20-21-14(10-31-20)12-7-8-16(28-2)17(9-12)29-3/h4-10H,1-3H3,(H2,21,22,23,25,30). The summed E-state index contributed by atoms with van der Waals surface area (Å²) < 4.78 is 10.6. The normalized spacial score (nSPS) is 10.3. The number of carbonyl (C=O) groups excluding carboxylic acids is 1. The van der Waals surface area contributed by atoms with Crippen LogP contribution in [-0.4, -0.2) is 35.1 Å². The van der Waals surface area contributed by atoms with Crippen LogP contribution < -0.4 is 20.1 Å². The number of hydrogen-bond donors (Lipinski definition) is 2. The second kappa shape index (κ2) is 9.49. The number of nitrogens with one attached hydrogen (secondary N) is 2. The van der Waals surface area contributed by atoms with Crippen LogP contribution in [0.4, 0.5) is 10.8 Å². The number of hydrogen-bond acceptors (Lipinski definition) is 8. The molecule has 0 atom stereocenters. The summed E-state index contributed by atoms with van der Waals surface area (Å²) >= 11 is 6.50. The summed E-state index contributed by atoms with van der Waals surface area (Å²) in [5.41, 5.74) is 1.81. The molecular weight excluding hydrogens is 440 g/mol. The summed E-state index contributed by atoms with van der Waals surface area (Å²) in [5, 5.41) is 18.8. The molecule has 0 bridgehead atoms. The van der Waals surface area contributed by atoms with Crippen molar-refractivity contribution in [3.05, 3.63) is 63.0 Å². The van der Waals surface area contributed by atoms with Gasteiger partial charge in [-0.1, -0.05) is 6.07 Å². The zero-order valence-corrected chi connectivity index (χ0v) is 18.4. The van der Waals surface area contributed by atoms with E-state index >= 15 is 0 Å². The molecule has 1 amide bonds. The smallest absolute Gasteiger partial charge is 0.273 e. The summed E-state index contributed by atoms with van der Waals surface area (Å²) in [6, 6.07) is 9.74. The summed E-state index contributed by atoms with van der Waals surface area (Å²) in [7, 11) is 3.12. The number of nitro benzene ring substituents is 1. The Hall–Kier alpha value is -3.57. The molecule has 0 saturated carbocycles. The van der Waals surface area contributed by atoms with Crippen molar-refractivity contribution in [3.8, 4) is 22.8 Å². The van der Waals surface area contributed by atoms with Crippen LogP contribution >= 0.6 is 23.6 Å². The molecule has 3 rings (SSSR count). The highest BCUT2D eigenvalue weighted by atomic mass is 32.1. The van der Waals surface area contributed by atoms with Gasteiger partial charge in [0, 0.05) is 28.1 Å². The van der Waals surface area contributed by atoms with E-state index in [-0.39, 0.29) is 21.9 Å². The van der Waals surface area contributed by atoms with Crippen molar-refractivity contribution in [2.75, 3.05) is 19.5 Å². The lowest BCUT2D eigenvalue weighted by Gasteiger charge is -2.09. The van der Waals surface area contributed by atoms with E-state index in [0.29, 0.717) is 22.3 Å². The van der Waals surface area contributed by atoms with Crippen LogP contribution in [0.1, 0.15) is 15.9 Å². The fourth-order valence-corrected chi connectivity index (χ4v) is 3.80. The van der Waals surface area contributed by atoms with Crippen molar-refractivity contribution in [2.45, 2.75) is 6.92 Å². The van der Waals surface area contributed by atoms with Gasteiger partial charge in [-0.05, 0) is 43.4 Å². The van der Waals surface area contributed by atoms with Gasteiger partial charge in [0.25, 0.3) is 11.6 Å². The second-order valence-electron chi connectivity index (χ2n) is 6.22. The second-order valence-corrected chi connectivity index (χ2v) is 7.49.